The molecule has 1 unspecified atom stereocenters. The standard InChI is InChI=1S/C11H11Br3N2OS/c1-5-10(13)7(16(2)15-5)4-8(17)6-3-9(12)18-11(6)14/h3,8,17H,4H2,1-2H3. The summed E-state index contributed by atoms with van der Waals surface area (Å²) in [4.78, 5) is 0. The highest BCUT2D eigenvalue weighted by atomic mass is 79.9. The fourth-order valence-electron chi connectivity index (χ4n) is 1.78. The average Bonchev–Trinajstić information content (AvgIpc) is 2.73. The van der Waals surface area contributed by atoms with Gasteiger partial charge in [-0.25, -0.2) is 0 Å². The average molecular weight is 459 g/mol. The minimum Gasteiger partial charge on any atom is -0.388 e. The Hall–Kier alpha value is 0.310. The number of aliphatic hydroxyl groups excluding tert-OH is 1. The van der Waals surface area contributed by atoms with E-state index in [1.165, 1.54) is 0 Å². The third-order valence-corrected chi connectivity index (χ3v) is 6.11. The van der Waals surface area contributed by atoms with Crippen molar-refractivity contribution in [3.8, 4) is 0 Å². The van der Waals surface area contributed by atoms with Gasteiger partial charge in [-0.15, -0.1) is 11.3 Å². The Labute approximate surface area is 135 Å². The Kier molecular flexibility index (Phi) is 4.70. The topological polar surface area (TPSA) is 38.0 Å². The quantitative estimate of drug-likeness (QED) is 0.742. The van der Waals surface area contributed by atoms with Gasteiger partial charge in [-0.05, 0) is 60.8 Å². The predicted octanol–water partition coefficient (Wildman–Crippen LogP) is 4.35. The second kappa shape index (κ2) is 5.75. The van der Waals surface area contributed by atoms with Crippen LogP contribution in [0.5, 0.6) is 0 Å². The zero-order valence-corrected chi connectivity index (χ0v) is 15.3. The van der Waals surface area contributed by atoms with Crippen LogP contribution in [0, 0.1) is 6.92 Å². The summed E-state index contributed by atoms with van der Waals surface area (Å²) >= 11 is 12.0. The predicted molar refractivity (Wildman–Crippen MR) is 84.0 cm³/mol. The van der Waals surface area contributed by atoms with Gasteiger partial charge in [0.15, 0.2) is 0 Å². The summed E-state index contributed by atoms with van der Waals surface area (Å²) in [6.07, 6.45) is -0.0206. The highest BCUT2D eigenvalue weighted by Crippen LogP contribution is 2.37. The highest BCUT2D eigenvalue weighted by molar-refractivity contribution is 9.12. The molecule has 2 aromatic heterocycles. The lowest BCUT2D eigenvalue weighted by molar-refractivity contribution is 0.175. The Bertz CT molecular complexity index is 579. The van der Waals surface area contributed by atoms with Crippen molar-refractivity contribution in [1.29, 1.82) is 0 Å². The second-order valence-corrected chi connectivity index (χ2v) is 8.51. The molecule has 0 bridgehead atoms. The number of nitrogens with zero attached hydrogens (tertiary/aromatic N) is 2. The first-order valence-corrected chi connectivity index (χ1v) is 8.40. The van der Waals surface area contributed by atoms with E-state index in [-0.39, 0.29) is 0 Å². The molecule has 0 aromatic carbocycles. The first-order chi connectivity index (χ1) is 8.40. The maximum absolute atomic E-state index is 10.3. The first-order valence-electron chi connectivity index (χ1n) is 5.21. The molecule has 18 heavy (non-hydrogen) atoms. The Morgan fingerprint density at radius 3 is 2.56 bits per heavy atom. The van der Waals surface area contributed by atoms with E-state index in [9.17, 15) is 5.11 Å². The molecule has 0 radical (unpaired) electrons. The van der Waals surface area contributed by atoms with E-state index in [1.807, 2.05) is 20.0 Å². The maximum Gasteiger partial charge on any atom is 0.0865 e. The zero-order chi connectivity index (χ0) is 13.4. The van der Waals surface area contributed by atoms with Crippen molar-refractivity contribution in [3.63, 3.8) is 0 Å². The molecule has 0 fully saturated rings. The van der Waals surface area contributed by atoms with Crippen LogP contribution < -0.4 is 0 Å². The van der Waals surface area contributed by atoms with E-state index < -0.39 is 6.10 Å². The molecule has 0 aliphatic rings. The largest absolute Gasteiger partial charge is 0.388 e. The number of thiophene rings is 1. The molecule has 2 rings (SSSR count). The summed E-state index contributed by atoms with van der Waals surface area (Å²) in [6.45, 7) is 1.94. The van der Waals surface area contributed by atoms with Crippen LogP contribution in [-0.4, -0.2) is 14.9 Å². The van der Waals surface area contributed by atoms with Crippen LogP contribution in [0.3, 0.4) is 0 Å². The SMILES string of the molecule is Cc1nn(C)c(CC(O)c2cc(Br)sc2Br)c1Br. The van der Waals surface area contributed by atoms with Crippen molar-refractivity contribution in [1.82, 2.24) is 9.78 Å². The molecule has 0 saturated carbocycles. The van der Waals surface area contributed by atoms with Crippen LogP contribution in [0.4, 0.5) is 0 Å². The van der Waals surface area contributed by atoms with Crippen molar-refractivity contribution < 1.29 is 5.11 Å². The van der Waals surface area contributed by atoms with E-state index in [0.29, 0.717) is 6.42 Å². The molecule has 3 nitrogen and oxygen atoms in total. The first kappa shape index (κ1) is 14.7. The molecule has 2 heterocycles. The normalized spacial score (nSPS) is 13.0. The number of rotatable bonds is 3. The van der Waals surface area contributed by atoms with Crippen LogP contribution in [0.25, 0.3) is 0 Å². The van der Waals surface area contributed by atoms with Crippen molar-refractivity contribution >= 4 is 59.1 Å². The Balaban J connectivity index is 2.26. The molecule has 2 aromatic rings. The molecule has 0 spiro atoms. The Morgan fingerprint density at radius 1 is 1.44 bits per heavy atom. The van der Waals surface area contributed by atoms with Gasteiger partial charge >= 0.3 is 0 Å². The summed E-state index contributed by atoms with van der Waals surface area (Å²) in [7, 11) is 1.89. The van der Waals surface area contributed by atoms with Crippen LogP contribution in [0.1, 0.15) is 23.1 Å². The zero-order valence-electron chi connectivity index (χ0n) is 9.75. The van der Waals surface area contributed by atoms with E-state index in [0.717, 1.165) is 29.0 Å². The number of hydrogen-bond donors (Lipinski definition) is 1. The van der Waals surface area contributed by atoms with Crippen molar-refractivity contribution in [2.45, 2.75) is 19.4 Å². The van der Waals surface area contributed by atoms with Crippen LogP contribution in [0.2, 0.25) is 0 Å². The molecule has 0 amide bonds. The molecular weight excluding hydrogens is 448 g/mol. The molecular formula is C11H11Br3N2OS. The lowest BCUT2D eigenvalue weighted by Crippen LogP contribution is -2.06. The highest BCUT2D eigenvalue weighted by Gasteiger charge is 2.19. The monoisotopic (exact) mass is 456 g/mol. The molecule has 1 atom stereocenters. The fraction of sp³-hybridized carbons (Fsp3) is 0.364. The minimum absolute atomic E-state index is 0.527. The van der Waals surface area contributed by atoms with Gasteiger partial charge in [-0.1, -0.05) is 0 Å². The smallest absolute Gasteiger partial charge is 0.0865 e. The summed E-state index contributed by atoms with van der Waals surface area (Å²) in [5.41, 5.74) is 2.83. The van der Waals surface area contributed by atoms with E-state index in [1.54, 1.807) is 16.0 Å². The number of aromatic nitrogens is 2. The fourth-order valence-corrected chi connectivity index (χ4v) is 5.23. The molecule has 7 heteroatoms. The maximum atomic E-state index is 10.3. The second-order valence-electron chi connectivity index (χ2n) is 3.97. The molecule has 0 saturated heterocycles. The van der Waals surface area contributed by atoms with Crippen LogP contribution in [-0.2, 0) is 13.5 Å². The van der Waals surface area contributed by atoms with E-state index in [4.69, 9.17) is 0 Å². The summed E-state index contributed by atoms with van der Waals surface area (Å²) in [5, 5.41) is 14.6. The van der Waals surface area contributed by atoms with Gasteiger partial charge in [0, 0.05) is 19.0 Å². The summed E-state index contributed by atoms with van der Waals surface area (Å²) in [5.74, 6) is 0. The third-order valence-electron chi connectivity index (χ3n) is 2.69. The molecule has 98 valence electrons. The lowest BCUT2D eigenvalue weighted by atomic mass is 10.1. The number of halogens is 3. The van der Waals surface area contributed by atoms with Crippen molar-refractivity contribution in [3.05, 3.63) is 35.1 Å². The van der Waals surface area contributed by atoms with E-state index >= 15 is 0 Å². The number of aliphatic hydroxyl groups is 1. The number of aryl methyl sites for hydroxylation is 2. The Morgan fingerprint density at radius 2 is 2.11 bits per heavy atom. The lowest BCUT2D eigenvalue weighted by Gasteiger charge is -2.10. The van der Waals surface area contributed by atoms with Gasteiger partial charge < -0.3 is 5.11 Å². The van der Waals surface area contributed by atoms with Gasteiger partial charge in [0.05, 0.1) is 29.5 Å². The third kappa shape index (κ3) is 2.90. The van der Waals surface area contributed by atoms with E-state index in [2.05, 4.69) is 52.9 Å². The minimum atomic E-state index is -0.548. The van der Waals surface area contributed by atoms with Gasteiger partial charge in [0.1, 0.15) is 0 Å². The van der Waals surface area contributed by atoms with Gasteiger partial charge in [0.2, 0.25) is 0 Å². The van der Waals surface area contributed by atoms with Crippen LogP contribution in [0.15, 0.2) is 18.1 Å². The summed E-state index contributed by atoms with van der Waals surface area (Å²) < 4.78 is 4.73. The van der Waals surface area contributed by atoms with Crippen molar-refractivity contribution in [2.75, 3.05) is 0 Å². The molecule has 0 aliphatic carbocycles. The molecule has 1 N–H and O–H groups in total. The van der Waals surface area contributed by atoms with Gasteiger partial charge in [0.25, 0.3) is 0 Å². The van der Waals surface area contributed by atoms with Gasteiger partial charge in [-0.2, -0.15) is 5.10 Å². The van der Waals surface area contributed by atoms with Crippen LogP contribution >= 0.6 is 59.1 Å². The van der Waals surface area contributed by atoms with Gasteiger partial charge in [-0.3, -0.25) is 4.68 Å². The number of hydrogen-bond acceptors (Lipinski definition) is 3. The summed E-state index contributed by atoms with van der Waals surface area (Å²) in [6, 6.07) is 1.94. The molecule has 0 aliphatic heterocycles. The van der Waals surface area contributed by atoms with Crippen molar-refractivity contribution in [2.24, 2.45) is 7.05 Å².